The quantitative estimate of drug-likeness (QED) is 0.834. The first-order valence-electron chi connectivity index (χ1n) is 5.32. The lowest BCUT2D eigenvalue weighted by Gasteiger charge is -2.08. The summed E-state index contributed by atoms with van der Waals surface area (Å²) in [5.74, 6) is -0.250. The number of rotatable bonds is 2. The van der Waals surface area contributed by atoms with Gasteiger partial charge in [0.25, 0.3) is 0 Å². The highest BCUT2D eigenvalue weighted by molar-refractivity contribution is 5.57. The number of anilines is 1. The van der Waals surface area contributed by atoms with E-state index in [9.17, 15) is 4.39 Å². The van der Waals surface area contributed by atoms with E-state index in [2.05, 4.69) is 0 Å². The van der Waals surface area contributed by atoms with Crippen molar-refractivity contribution in [3.8, 4) is 23.6 Å². The lowest BCUT2D eigenvalue weighted by Crippen LogP contribution is -1.94. The monoisotopic (exact) mass is 253 g/mol. The van der Waals surface area contributed by atoms with E-state index in [1.807, 2.05) is 6.07 Å². The molecule has 0 aliphatic rings. The average molecular weight is 253 g/mol. The second-order valence-electron chi connectivity index (χ2n) is 3.69. The highest BCUT2D eigenvalue weighted by Gasteiger charge is 2.10. The largest absolute Gasteiger partial charge is 0.456 e. The molecule has 0 aliphatic carbocycles. The van der Waals surface area contributed by atoms with Crippen LogP contribution >= 0.6 is 0 Å². The van der Waals surface area contributed by atoms with Crippen molar-refractivity contribution in [2.45, 2.75) is 0 Å². The maximum atomic E-state index is 13.4. The highest BCUT2D eigenvalue weighted by atomic mass is 19.1. The first-order chi connectivity index (χ1) is 9.15. The third-order valence-electron chi connectivity index (χ3n) is 2.46. The lowest BCUT2D eigenvalue weighted by molar-refractivity contribution is 0.474. The van der Waals surface area contributed by atoms with Crippen LogP contribution in [0.25, 0.3) is 0 Å². The molecule has 0 heterocycles. The highest BCUT2D eigenvalue weighted by Crippen LogP contribution is 2.28. The van der Waals surface area contributed by atoms with E-state index in [1.54, 1.807) is 12.1 Å². The van der Waals surface area contributed by atoms with Gasteiger partial charge in [0, 0.05) is 11.8 Å². The van der Waals surface area contributed by atoms with Crippen molar-refractivity contribution in [3.05, 3.63) is 53.3 Å². The van der Waals surface area contributed by atoms with Gasteiger partial charge in [-0.25, -0.2) is 4.39 Å². The van der Waals surface area contributed by atoms with Crippen LogP contribution < -0.4 is 10.5 Å². The van der Waals surface area contributed by atoms with E-state index in [-0.39, 0.29) is 16.9 Å². The summed E-state index contributed by atoms with van der Waals surface area (Å²) in [6.45, 7) is 0. The maximum Gasteiger partial charge on any atom is 0.148 e. The van der Waals surface area contributed by atoms with Crippen LogP contribution in [0.1, 0.15) is 11.1 Å². The number of ether oxygens (including phenoxy) is 1. The molecule has 0 bridgehead atoms. The van der Waals surface area contributed by atoms with E-state index in [4.69, 9.17) is 21.0 Å². The van der Waals surface area contributed by atoms with Crippen LogP contribution in [0, 0.1) is 28.5 Å². The maximum absolute atomic E-state index is 13.4. The number of hydrogen-bond acceptors (Lipinski definition) is 4. The van der Waals surface area contributed by atoms with Crippen molar-refractivity contribution in [2.75, 3.05) is 5.73 Å². The molecule has 0 saturated heterocycles. The van der Waals surface area contributed by atoms with Gasteiger partial charge in [-0.05, 0) is 24.3 Å². The van der Waals surface area contributed by atoms with Crippen molar-refractivity contribution < 1.29 is 9.13 Å². The van der Waals surface area contributed by atoms with Crippen LogP contribution in [0.4, 0.5) is 10.1 Å². The third kappa shape index (κ3) is 2.46. The summed E-state index contributed by atoms with van der Waals surface area (Å²) in [6, 6.07) is 12.2. The van der Waals surface area contributed by atoms with E-state index < -0.39 is 5.82 Å². The SMILES string of the molecule is N#Cc1cc(Oc2cccc(F)c2C#N)ccc1N. The minimum atomic E-state index is -0.657. The fraction of sp³-hybridized carbons (Fsp3) is 0. The average Bonchev–Trinajstić information content (AvgIpc) is 2.41. The molecule has 0 radical (unpaired) electrons. The van der Waals surface area contributed by atoms with Crippen molar-refractivity contribution in [1.82, 2.24) is 0 Å². The summed E-state index contributed by atoms with van der Waals surface area (Å²) in [5.41, 5.74) is 5.99. The Morgan fingerprint density at radius 2 is 1.89 bits per heavy atom. The predicted octanol–water partition coefficient (Wildman–Crippen LogP) is 2.94. The van der Waals surface area contributed by atoms with Gasteiger partial charge in [-0.3, -0.25) is 0 Å². The summed E-state index contributed by atoms with van der Waals surface area (Å²) < 4.78 is 18.8. The molecule has 0 unspecified atom stereocenters. The molecule has 0 saturated carbocycles. The Bertz CT molecular complexity index is 714. The van der Waals surface area contributed by atoms with Crippen LogP contribution in [0.2, 0.25) is 0 Å². The molecule has 2 aromatic rings. The van der Waals surface area contributed by atoms with Gasteiger partial charge in [0.2, 0.25) is 0 Å². The molecule has 2 aromatic carbocycles. The van der Waals surface area contributed by atoms with Gasteiger partial charge in [-0.2, -0.15) is 10.5 Å². The zero-order chi connectivity index (χ0) is 13.8. The van der Waals surface area contributed by atoms with E-state index in [0.29, 0.717) is 11.4 Å². The molecular weight excluding hydrogens is 245 g/mol. The first-order valence-corrected chi connectivity index (χ1v) is 5.32. The van der Waals surface area contributed by atoms with Gasteiger partial charge in [0.05, 0.1) is 5.56 Å². The van der Waals surface area contributed by atoms with E-state index >= 15 is 0 Å². The minimum absolute atomic E-state index is 0.0937. The Kier molecular flexibility index (Phi) is 3.31. The molecule has 0 aliphatic heterocycles. The summed E-state index contributed by atoms with van der Waals surface area (Å²) in [6.07, 6.45) is 0. The smallest absolute Gasteiger partial charge is 0.148 e. The molecule has 0 fully saturated rings. The molecule has 2 rings (SSSR count). The Balaban J connectivity index is 2.40. The van der Waals surface area contributed by atoms with Crippen molar-refractivity contribution in [2.24, 2.45) is 0 Å². The number of benzene rings is 2. The summed E-state index contributed by atoms with van der Waals surface area (Å²) in [5, 5.41) is 17.7. The molecule has 0 amide bonds. The molecule has 0 spiro atoms. The van der Waals surface area contributed by atoms with Crippen LogP contribution in [-0.2, 0) is 0 Å². The number of nitrogens with two attached hydrogens (primary N) is 1. The lowest BCUT2D eigenvalue weighted by atomic mass is 10.2. The van der Waals surface area contributed by atoms with Crippen LogP contribution in [0.15, 0.2) is 36.4 Å². The van der Waals surface area contributed by atoms with Crippen LogP contribution in [0.5, 0.6) is 11.5 Å². The zero-order valence-corrected chi connectivity index (χ0v) is 9.72. The van der Waals surface area contributed by atoms with Crippen molar-refractivity contribution in [1.29, 1.82) is 10.5 Å². The molecule has 5 heteroatoms. The van der Waals surface area contributed by atoms with Crippen molar-refractivity contribution in [3.63, 3.8) is 0 Å². The molecular formula is C14H8FN3O. The Morgan fingerprint density at radius 1 is 1.11 bits per heavy atom. The van der Waals surface area contributed by atoms with E-state index in [1.165, 1.54) is 30.3 Å². The summed E-state index contributed by atoms with van der Waals surface area (Å²) in [4.78, 5) is 0. The van der Waals surface area contributed by atoms with Gasteiger partial charge < -0.3 is 10.5 Å². The Morgan fingerprint density at radius 3 is 2.58 bits per heavy atom. The third-order valence-corrected chi connectivity index (χ3v) is 2.46. The number of nitrogen functional groups attached to an aromatic ring is 1. The Hall–Kier alpha value is -3.05. The molecule has 0 atom stereocenters. The van der Waals surface area contributed by atoms with Gasteiger partial charge in [0.15, 0.2) is 0 Å². The molecule has 92 valence electrons. The summed E-state index contributed by atoms with van der Waals surface area (Å²) >= 11 is 0. The zero-order valence-electron chi connectivity index (χ0n) is 9.72. The number of nitriles is 2. The second-order valence-corrected chi connectivity index (χ2v) is 3.69. The molecule has 19 heavy (non-hydrogen) atoms. The fourth-order valence-electron chi connectivity index (χ4n) is 1.52. The topological polar surface area (TPSA) is 82.8 Å². The predicted molar refractivity (Wildman–Crippen MR) is 66.8 cm³/mol. The second kappa shape index (κ2) is 5.07. The fourth-order valence-corrected chi connectivity index (χ4v) is 1.52. The molecule has 4 nitrogen and oxygen atoms in total. The minimum Gasteiger partial charge on any atom is -0.456 e. The number of halogens is 1. The Labute approximate surface area is 109 Å². The normalized spacial score (nSPS) is 9.42. The number of hydrogen-bond donors (Lipinski definition) is 1. The van der Waals surface area contributed by atoms with Gasteiger partial charge >= 0.3 is 0 Å². The summed E-state index contributed by atoms with van der Waals surface area (Å²) in [7, 11) is 0. The van der Waals surface area contributed by atoms with Crippen LogP contribution in [-0.4, -0.2) is 0 Å². The number of nitrogens with zero attached hydrogens (tertiary/aromatic N) is 2. The van der Waals surface area contributed by atoms with Crippen molar-refractivity contribution >= 4 is 5.69 Å². The molecule has 2 N–H and O–H groups in total. The van der Waals surface area contributed by atoms with E-state index in [0.717, 1.165) is 0 Å². The molecule has 0 aromatic heterocycles. The van der Waals surface area contributed by atoms with Gasteiger partial charge in [-0.15, -0.1) is 0 Å². The van der Waals surface area contributed by atoms with Gasteiger partial charge in [-0.1, -0.05) is 6.07 Å². The van der Waals surface area contributed by atoms with Gasteiger partial charge in [0.1, 0.15) is 35.0 Å². The standard InChI is InChI=1S/C14H8FN3O/c15-12-2-1-3-14(11(12)8-17)19-10-4-5-13(18)9(6-10)7-16/h1-6H,18H2. The van der Waals surface area contributed by atoms with Crippen LogP contribution in [0.3, 0.4) is 0 Å². The first kappa shape index (κ1) is 12.4.